The van der Waals surface area contributed by atoms with Crippen LogP contribution < -0.4 is 0 Å². The van der Waals surface area contributed by atoms with E-state index in [-0.39, 0.29) is 6.61 Å². The van der Waals surface area contributed by atoms with Gasteiger partial charge in [0, 0.05) is 0 Å². The van der Waals surface area contributed by atoms with Gasteiger partial charge in [0.2, 0.25) is 0 Å². The molecule has 0 bridgehead atoms. The molecular formula is C27H28O5. The molecule has 0 radical (unpaired) electrons. The van der Waals surface area contributed by atoms with Crippen LogP contribution in [0.15, 0.2) is 91.0 Å². The highest BCUT2D eigenvalue weighted by atomic mass is 16.8. The smallest absolute Gasteiger partial charge is 0.190 e. The van der Waals surface area contributed by atoms with E-state index in [1.165, 1.54) is 0 Å². The van der Waals surface area contributed by atoms with Gasteiger partial charge in [-0.3, -0.25) is 0 Å². The minimum atomic E-state index is -0.869. The molecule has 2 aliphatic heterocycles. The van der Waals surface area contributed by atoms with Crippen molar-refractivity contribution in [2.24, 2.45) is 0 Å². The molecule has 3 aromatic carbocycles. The Labute approximate surface area is 188 Å². The van der Waals surface area contributed by atoms with Gasteiger partial charge in [0.1, 0.15) is 23.9 Å². The van der Waals surface area contributed by atoms with Crippen LogP contribution in [-0.2, 0) is 24.5 Å². The highest BCUT2D eigenvalue weighted by molar-refractivity contribution is 5.47. The number of hydrogen-bond acceptors (Lipinski definition) is 5. The monoisotopic (exact) mass is 432 g/mol. The Morgan fingerprint density at radius 1 is 0.781 bits per heavy atom. The van der Waals surface area contributed by atoms with Gasteiger partial charge in [-0.1, -0.05) is 91.0 Å². The molecule has 0 saturated carbocycles. The largest absolute Gasteiger partial charge is 0.387 e. The Hall–Kier alpha value is -2.54. The summed E-state index contributed by atoms with van der Waals surface area (Å²) < 4.78 is 24.4. The molecule has 5 heteroatoms. The van der Waals surface area contributed by atoms with Crippen molar-refractivity contribution in [2.75, 3.05) is 6.61 Å². The second-order valence-corrected chi connectivity index (χ2v) is 8.72. The van der Waals surface area contributed by atoms with Crippen molar-refractivity contribution < 1.29 is 24.1 Å². The number of hydrogen-bond donors (Lipinski definition) is 1. The maximum absolute atomic E-state index is 10.9. The molecule has 2 saturated heterocycles. The zero-order valence-electron chi connectivity index (χ0n) is 18.3. The van der Waals surface area contributed by atoms with E-state index < -0.39 is 36.0 Å². The number of ether oxygens (including phenoxy) is 4. The molecule has 0 spiro atoms. The first kappa shape index (κ1) is 21.3. The summed E-state index contributed by atoms with van der Waals surface area (Å²) in [5.41, 5.74) is 2.13. The van der Waals surface area contributed by atoms with Crippen molar-refractivity contribution in [3.8, 4) is 0 Å². The molecule has 1 N–H and O–H groups in total. The topological polar surface area (TPSA) is 57.2 Å². The molecule has 4 atom stereocenters. The summed E-state index contributed by atoms with van der Waals surface area (Å²) in [5, 5.41) is 10.9. The molecule has 0 aromatic heterocycles. The van der Waals surface area contributed by atoms with E-state index in [2.05, 4.69) is 36.4 Å². The van der Waals surface area contributed by atoms with Gasteiger partial charge in [0.25, 0.3) is 0 Å². The lowest BCUT2D eigenvalue weighted by molar-refractivity contribution is -0.223. The second-order valence-electron chi connectivity index (χ2n) is 8.72. The number of benzene rings is 3. The standard InChI is InChI=1S/C27H28O5/c1-26(2)31-24-23(28)22(30-25(24)32-26)18-29-27(19-12-6-3-7-13-19,20-14-8-4-9-15-20)21-16-10-5-11-17-21/h3-17,22-25,28H,18H2,1-2H3/t22-,23-,24?,25-/m1/s1. The summed E-state index contributed by atoms with van der Waals surface area (Å²) in [6, 6.07) is 30.4. The van der Waals surface area contributed by atoms with Crippen LogP contribution in [0.25, 0.3) is 0 Å². The Morgan fingerprint density at radius 2 is 1.25 bits per heavy atom. The third-order valence-corrected chi connectivity index (χ3v) is 6.12. The quantitative estimate of drug-likeness (QED) is 0.591. The average Bonchev–Trinajstić information content (AvgIpc) is 3.28. The zero-order chi connectivity index (χ0) is 22.2. The molecule has 1 unspecified atom stereocenters. The zero-order valence-corrected chi connectivity index (χ0v) is 18.3. The molecule has 166 valence electrons. The first-order chi connectivity index (χ1) is 15.5. The summed E-state index contributed by atoms with van der Waals surface area (Å²) in [5.74, 6) is -0.774. The third kappa shape index (κ3) is 3.76. The van der Waals surface area contributed by atoms with Gasteiger partial charge in [-0.25, -0.2) is 0 Å². The lowest BCUT2D eigenvalue weighted by atomic mass is 9.80. The van der Waals surface area contributed by atoms with E-state index in [4.69, 9.17) is 18.9 Å². The van der Waals surface area contributed by atoms with Gasteiger partial charge in [-0.05, 0) is 30.5 Å². The van der Waals surface area contributed by atoms with Crippen molar-refractivity contribution in [1.82, 2.24) is 0 Å². The number of rotatable bonds is 6. The van der Waals surface area contributed by atoms with Gasteiger partial charge in [-0.15, -0.1) is 0 Å². The average molecular weight is 433 g/mol. The van der Waals surface area contributed by atoms with Crippen molar-refractivity contribution >= 4 is 0 Å². The van der Waals surface area contributed by atoms with E-state index in [1.54, 1.807) is 0 Å². The molecular weight excluding hydrogens is 404 g/mol. The summed E-state index contributed by atoms with van der Waals surface area (Å²) in [6.45, 7) is 3.80. The molecule has 5 rings (SSSR count). The fourth-order valence-electron chi connectivity index (χ4n) is 4.67. The lowest BCUT2D eigenvalue weighted by Crippen LogP contribution is -2.40. The maximum Gasteiger partial charge on any atom is 0.190 e. The Kier molecular flexibility index (Phi) is 5.61. The molecule has 2 heterocycles. The first-order valence-corrected chi connectivity index (χ1v) is 11.0. The van der Waals surface area contributed by atoms with Crippen LogP contribution in [0.5, 0.6) is 0 Å². The predicted molar refractivity (Wildman–Crippen MR) is 120 cm³/mol. The number of aliphatic hydroxyl groups is 1. The molecule has 2 fully saturated rings. The molecule has 3 aromatic rings. The summed E-state index contributed by atoms with van der Waals surface area (Å²) in [6.07, 6.45) is -2.55. The summed E-state index contributed by atoms with van der Waals surface area (Å²) in [4.78, 5) is 0. The van der Waals surface area contributed by atoms with Gasteiger partial charge in [-0.2, -0.15) is 0 Å². The van der Waals surface area contributed by atoms with Crippen LogP contribution in [0.4, 0.5) is 0 Å². The normalized spacial score (nSPS) is 26.7. The SMILES string of the molecule is CC1(C)OC2[C@H](O[C@H](COC(c3ccccc3)(c3ccccc3)c3ccccc3)[C@H]2O)O1. The van der Waals surface area contributed by atoms with E-state index in [1.807, 2.05) is 68.4 Å². The van der Waals surface area contributed by atoms with Crippen molar-refractivity contribution in [1.29, 1.82) is 0 Å². The first-order valence-electron chi connectivity index (χ1n) is 11.0. The van der Waals surface area contributed by atoms with Crippen LogP contribution in [0.1, 0.15) is 30.5 Å². The van der Waals surface area contributed by atoms with E-state index >= 15 is 0 Å². The highest BCUT2D eigenvalue weighted by Crippen LogP contribution is 2.42. The second kappa shape index (κ2) is 8.43. The molecule has 0 amide bonds. The van der Waals surface area contributed by atoms with Gasteiger partial charge in [0.15, 0.2) is 12.1 Å². The van der Waals surface area contributed by atoms with E-state index in [0.29, 0.717) is 0 Å². The Morgan fingerprint density at radius 3 is 1.69 bits per heavy atom. The van der Waals surface area contributed by atoms with E-state index in [0.717, 1.165) is 16.7 Å². The highest BCUT2D eigenvalue weighted by Gasteiger charge is 2.54. The maximum atomic E-state index is 10.9. The molecule has 0 aliphatic carbocycles. The number of fused-ring (bicyclic) bond motifs is 1. The van der Waals surface area contributed by atoms with Crippen LogP contribution in [0.2, 0.25) is 0 Å². The molecule has 32 heavy (non-hydrogen) atoms. The minimum Gasteiger partial charge on any atom is -0.387 e. The predicted octanol–water partition coefficient (Wildman–Crippen LogP) is 4.23. The summed E-state index contributed by atoms with van der Waals surface area (Å²) >= 11 is 0. The number of aliphatic hydroxyl groups excluding tert-OH is 1. The van der Waals surface area contributed by atoms with Crippen molar-refractivity contribution in [2.45, 2.75) is 49.8 Å². The van der Waals surface area contributed by atoms with Gasteiger partial charge in [0.05, 0.1) is 6.61 Å². The fraction of sp³-hybridized carbons (Fsp3) is 0.333. The molecule has 2 aliphatic rings. The molecule has 5 nitrogen and oxygen atoms in total. The van der Waals surface area contributed by atoms with Crippen LogP contribution >= 0.6 is 0 Å². The van der Waals surface area contributed by atoms with Crippen molar-refractivity contribution in [3.63, 3.8) is 0 Å². The fourth-order valence-corrected chi connectivity index (χ4v) is 4.67. The van der Waals surface area contributed by atoms with Crippen LogP contribution in [0.3, 0.4) is 0 Å². The Bertz CT molecular complexity index is 925. The lowest BCUT2D eigenvalue weighted by Gasteiger charge is -2.37. The van der Waals surface area contributed by atoms with Crippen molar-refractivity contribution in [3.05, 3.63) is 108 Å². The Balaban J connectivity index is 1.51. The third-order valence-electron chi connectivity index (χ3n) is 6.12. The minimum absolute atomic E-state index is 0.167. The van der Waals surface area contributed by atoms with Gasteiger partial charge < -0.3 is 24.1 Å². The summed E-state index contributed by atoms with van der Waals surface area (Å²) in [7, 11) is 0. The van der Waals surface area contributed by atoms with E-state index in [9.17, 15) is 5.11 Å². The van der Waals surface area contributed by atoms with Gasteiger partial charge >= 0.3 is 0 Å². The van der Waals surface area contributed by atoms with Crippen LogP contribution in [0, 0.1) is 0 Å². The van der Waals surface area contributed by atoms with Crippen LogP contribution in [-0.4, -0.2) is 42.1 Å².